The van der Waals surface area contributed by atoms with Gasteiger partial charge in [-0.2, -0.15) is 5.10 Å². The molecule has 0 saturated carbocycles. The molecule has 0 aliphatic carbocycles. The Morgan fingerprint density at radius 1 is 1.19 bits per heavy atom. The van der Waals surface area contributed by atoms with Gasteiger partial charge in [-0.3, -0.25) is 19.3 Å². The van der Waals surface area contributed by atoms with E-state index in [1.165, 1.54) is 0 Å². The minimum atomic E-state index is -0.0946. The van der Waals surface area contributed by atoms with Gasteiger partial charge in [-0.15, -0.1) is 0 Å². The van der Waals surface area contributed by atoms with Gasteiger partial charge in [0, 0.05) is 50.2 Å². The first-order chi connectivity index (χ1) is 13.1. The number of piperidine rings is 1. The van der Waals surface area contributed by atoms with Crippen molar-refractivity contribution in [2.75, 3.05) is 13.1 Å². The van der Waals surface area contributed by atoms with Gasteiger partial charge in [-0.1, -0.05) is 6.07 Å². The normalized spacial score (nSPS) is 22.2. The van der Waals surface area contributed by atoms with E-state index in [0.717, 1.165) is 24.2 Å². The number of aromatic nitrogens is 3. The molecule has 2 atom stereocenters. The molecule has 142 valence electrons. The SMILES string of the molecule is Cc1ccnn1CCC(=O)N1C[C@H]2CC[C@@H](C1)N(Cc1ccccn1)C2=O. The van der Waals surface area contributed by atoms with Crippen molar-refractivity contribution >= 4 is 11.8 Å². The third-order valence-corrected chi connectivity index (χ3v) is 5.67. The zero-order chi connectivity index (χ0) is 18.8. The standard InChI is InChI=1S/C20H25N5O2/c1-15-7-10-22-25(15)11-8-19(26)23-12-16-5-6-18(14-23)24(20(16)27)13-17-4-2-3-9-21-17/h2-4,7,9-10,16,18H,5-6,8,11-14H2,1H3/t16-,18+/m1/s1. The summed E-state index contributed by atoms with van der Waals surface area (Å²) in [7, 11) is 0. The number of fused-ring (bicyclic) bond motifs is 4. The predicted molar refractivity (Wildman–Crippen MR) is 99.5 cm³/mol. The molecule has 0 N–H and O–H groups in total. The van der Waals surface area contributed by atoms with E-state index in [0.29, 0.717) is 32.6 Å². The largest absolute Gasteiger partial charge is 0.340 e. The number of hydrogen-bond acceptors (Lipinski definition) is 4. The summed E-state index contributed by atoms with van der Waals surface area (Å²) in [6, 6.07) is 7.78. The first-order valence-corrected chi connectivity index (χ1v) is 9.58. The second-order valence-corrected chi connectivity index (χ2v) is 7.46. The highest BCUT2D eigenvalue weighted by molar-refractivity contribution is 5.83. The molecule has 2 amide bonds. The number of amides is 2. The molecule has 7 nitrogen and oxygen atoms in total. The van der Waals surface area contributed by atoms with Crippen molar-refractivity contribution < 1.29 is 9.59 Å². The maximum Gasteiger partial charge on any atom is 0.228 e. The Kier molecular flexibility index (Phi) is 4.92. The second-order valence-electron chi connectivity index (χ2n) is 7.46. The van der Waals surface area contributed by atoms with Crippen LogP contribution in [0, 0.1) is 12.8 Å². The number of nitrogens with zero attached hydrogens (tertiary/aromatic N) is 5. The van der Waals surface area contributed by atoms with E-state index in [4.69, 9.17) is 0 Å². The van der Waals surface area contributed by atoms with Crippen LogP contribution in [-0.4, -0.2) is 55.5 Å². The van der Waals surface area contributed by atoms with E-state index in [2.05, 4.69) is 10.1 Å². The van der Waals surface area contributed by atoms with Crippen LogP contribution in [0.3, 0.4) is 0 Å². The van der Waals surface area contributed by atoms with E-state index in [9.17, 15) is 9.59 Å². The fraction of sp³-hybridized carbons (Fsp3) is 0.500. The van der Waals surface area contributed by atoms with Crippen molar-refractivity contribution in [2.24, 2.45) is 5.92 Å². The third kappa shape index (κ3) is 3.72. The third-order valence-electron chi connectivity index (χ3n) is 5.67. The van der Waals surface area contributed by atoms with E-state index >= 15 is 0 Å². The van der Waals surface area contributed by atoms with Gasteiger partial charge in [-0.05, 0) is 38.0 Å². The summed E-state index contributed by atoms with van der Waals surface area (Å²) in [6.45, 7) is 4.24. The van der Waals surface area contributed by atoms with Crippen molar-refractivity contribution in [3.63, 3.8) is 0 Å². The molecule has 27 heavy (non-hydrogen) atoms. The van der Waals surface area contributed by atoms with Gasteiger partial charge in [-0.25, -0.2) is 0 Å². The average Bonchev–Trinajstić information content (AvgIpc) is 2.90. The van der Waals surface area contributed by atoms with E-state index < -0.39 is 0 Å². The molecule has 0 radical (unpaired) electrons. The van der Waals surface area contributed by atoms with Crippen LogP contribution in [0.2, 0.25) is 0 Å². The lowest BCUT2D eigenvalue weighted by molar-refractivity contribution is -0.140. The van der Waals surface area contributed by atoms with Crippen molar-refractivity contribution in [2.45, 2.75) is 45.3 Å². The molecule has 3 fully saturated rings. The average molecular weight is 367 g/mol. The number of hydrogen-bond donors (Lipinski definition) is 0. The van der Waals surface area contributed by atoms with Crippen molar-refractivity contribution in [1.29, 1.82) is 0 Å². The highest BCUT2D eigenvalue weighted by Crippen LogP contribution is 2.30. The van der Waals surface area contributed by atoms with Crippen LogP contribution in [0.25, 0.3) is 0 Å². The van der Waals surface area contributed by atoms with Crippen LogP contribution < -0.4 is 0 Å². The maximum absolute atomic E-state index is 12.9. The Labute approximate surface area is 159 Å². The first-order valence-electron chi connectivity index (χ1n) is 9.58. The smallest absolute Gasteiger partial charge is 0.228 e. The van der Waals surface area contributed by atoms with Gasteiger partial charge in [0.2, 0.25) is 11.8 Å². The zero-order valence-corrected chi connectivity index (χ0v) is 15.6. The lowest BCUT2D eigenvalue weighted by Crippen LogP contribution is -2.47. The van der Waals surface area contributed by atoms with E-state index in [1.54, 1.807) is 12.4 Å². The minimum absolute atomic E-state index is 0.0774. The Bertz CT molecular complexity index is 819. The summed E-state index contributed by atoms with van der Waals surface area (Å²) < 4.78 is 1.85. The highest BCUT2D eigenvalue weighted by atomic mass is 16.2. The molecule has 0 spiro atoms. The number of aryl methyl sites for hydroxylation is 2. The zero-order valence-electron chi connectivity index (χ0n) is 15.6. The summed E-state index contributed by atoms with van der Waals surface area (Å²) in [6.07, 6.45) is 5.73. The van der Waals surface area contributed by atoms with Gasteiger partial charge < -0.3 is 9.80 Å². The summed E-state index contributed by atoms with van der Waals surface area (Å²) in [5.74, 6) is 0.173. The molecular formula is C20H25N5O2. The lowest BCUT2D eigenvalue weighted by atomic mass is 9.94. The molecule has 2 aromatic heterocycles. The van der Waals surface area contributed by atoms with Crippen LogP contribution in [0.1, 0.15) is 30.7 Å². The molecule has 2 aromatic rings. The van der Waals surface area contributed by atoms with Crippen LogP contribution >= 0.6 is 0 Å². The molecule has 3 aliphatic heterocycles. The van der Waals surface area contributed by atoms with Crippen molar-refractivity contribution in [3.05, 3.63) is 48.0 Å². The molecule has 0 unspecified atom stereocenters. The fourth-order valence-electron chi connectivity index (χ4n) is 4.11. The topological polar surface area (TPSA) is 71.3 Å². The monoisotopic (exact) mass is 367 g/mol. The van der Waals surface area contributed by atoms with Gasteiger partial charge in [0.25, 0.3) is 0 Å². The molecule has 3 saturated heterocycles. The van der Waals surface area contributed by atoms with Gasteiger partial charge >= 0.3 is 0 Å². The van der Waals surface area contributed by atoms with E-state index in [-0.39, 0.29) is 23.8 Å². The summed E-state index contributed by atoms with van der Waals surface area (Å²) in [5, 5.41) is 4.24. The predicted octanol–water partition coefficient (Wildman–Crippen LogP) is 1.63. The van der Waals surface area contributed by atoms with Crippen LogP contribution in [0.4, 0.5) is 0 Å². The number of rotatable bonds is 5. The van der Waals surface area contributed by atoms with Crippen LogP contribution in [-0.2, 0) is 22.7 Å². The van der Waals surface area contributed by atoms with Crippen molar-refractivity contribution in [1.82, 2.24) is 24.6 Å². The summed E-state index contributed by atoms with van der Waals surface area (Å²) in [5.41, 5.74) is 1.95. The quantitative estimate of drug-likeness (QED) is 0.805. The fourth-order valence-corrected chi connectivity index (χ4v) is 4.11. The van der Waals surface area contributed by atoms with E-state index in [1.807, 2.05) is 45.7 Å². The highest BCUT2D eigenvalue weighted by Gasteiger charge is 2.41. The maximum atomic E-state index is 12.9. The van der Waals surface area contributed by atoms with Gasteiger partial charge in [0.15, 0.2) is 0 Å². The second kappa shape index (κ2) is 7.50. The lowest BCUT2D eigenvalue weighted by Gasteiger charge is -2.35. The Balaban J connectivity index is 1.43. The molecule has 7 heteroatoms. The van der Waals surface area contributed by atoms with Crippen molar-refractivity contribution in [3.8, 4) is 0 Å². The molecule has 2 bridgehead atoms. The Morgan fingerprint density at radius 2 is 2.07 bits per heavy atom. The molecule has 3 aliphatic rings. The van der Waals surface area contributed by atoms with Gasteiger partial charge in [0.1, 0.15) is 0 Å². The Morgan fingerprint density at radius 3 is 2.81 bits per heavy atom. The molecular weight excluding hydrogens is 342 g/mol. The van der Waals surface area contributed by atoms with Crippen LogP contribution in [0.15, 0.2) is 36.7 Å². The molecule has 0 aromatic carbocycles. The first kappa shape index (κ1) is 17.7. The summed E-state index contributed by atoms with van der Waals surface area (Å²) in [4.78, 5) is 33.9. The summed E-state index contributed by atoms with van der Waals surface area (Å²) >= 11 is 0. The number of carbonyl (C=O) groups is 2. The van der Waals surface area contributed by atoms with Crippen LogP contribution in [0.5, 0.6) is 0 Å². The Hall–Kier alpha value is -2.70. The minimum Gasteiger partial charge on any atom is -0.340 e. The number of pyridine rings is 1. The number of carbonyl (C=O) groups excluding carboxylic acids is 2. The van der Waals surface area contributed by atoms with Gasteiger partial charge in [0.05, 0.1) is 18.2 Å². The molecule has 5 rings (SSSR count). The molecule has 5 heterocycles.